The molecule has 2 aromatic carbocycles. The number of aliphatic hydroxyl groups is 1. The second-order valence-electron chi connectivity index (χ2n) is 6.17. The molecule has 0 amide bonds. The minimum absolute atomic E-state index is 0.183. The molecule has 0 aliphatic heterocycles. The van der Waals surface area contributed by atoms with E-state index in [1.807, 2.05) is 18.2 Å². The van der Waals surface area contributed by atoms with E-state index in [2.05, 4.69) is 42.7 Å². The molecule has 3 aromatic rings. The van der Waals surface area contributed by atoms with Crippen molar-refractivity contribution in [2.45, 2.75) is 33.2 Å². The molecule has 3 rings (SSSR count). The molecule has 0 aliphatic rings. The first-order chi connectivity index (χ1) is 11.7. The van der Waals surface area contributed by atoms with Gasteiger partial charge in [0.1, 0.15) is 18.2 Å². The van der Waals surface area contributed by atoms with Gasteiger partial charge in [-0.05, 0) is 55.7 Å². The molecule has 0 aliphatic carbocycles. The van der Waals surface area contributed by atoms with Crippen LogP contribution < -0.4 is 4.74 Å². The number of aliphatic hydroxyl groups excluding tert-OH is 1. The van der Waals surface area contributed by atoms with Gasteiger partial charge in [-0.15, -0.1) is 0 Å². The van der Waals surface area contributed by atoms with Gasteiger partial charge in [-0.1, -0.05) is 18.2 Å². The average Bonchev–Trinajstić information content (AvgIpc) is 2.90. The third kappa shape index (κ3) is 3.77. The first kappa shape index (κ1) is 16.5. The maximum absolute atomic E-state index is 9.11. The summed E-state index contributed by atoms with van der Waals surface area (Å²) in [5.74, 6) is 1.92. The van der Waals surface area contributed by atoms with Crippen LogP contribution in [-0.4, -0.2) is 27.9 Å². The number of ether oxygens (including phenoxy) is 1. The van der Waals surface area contributed by atoms with Crippen LogP contribution in [0.5, 0.6) is 5.75 Å². The van der Waals surface area contributed by atoms with E-state index >= 15 is 0 Å². The number of fused-ring (bicyclic) bond motifs is 1. The Hall–Kier alpha value is -2.33. The summed E-state index contributed by atoms with van der Waals surface area (Å²) in [5, 5.41) is 9.11. The van der Waals surface area contributed by atoms with Crippen molar-refractivity contribution in [1.29, 1.82) is 0 Å². The number of hydrogen-bond acceptors (Lipinski definition) is 3. The molecule has 1 aromatic heterocycles. The normalized spacial score (nSPS) is 11.1. The third-order valence-electron chi connectivity index (χ3n) is 4.07. The molecular weight excluding hydrogens is 300 g/mol. The smallest absolute Gasteiger partial charge is 0.119 e. The van der Waals surface area contributed by atoms with E-state index in [0.29, 0.717) is 6.61 Å². The number of aryl methyl sites for hydroxylation is 3. The molecule has 0 fully saturated rings. The molecule has 126 valence electrons. The molecule has 1 N–H and O–H groups in total. The van der Waals surface area contributed by atoms with Crippen LogP contribution in [0.3, 0.4) is 0 Å². The summed E-state index contributed by atoms with van der Waals surface area (Å²) in [6.45, 7) is 5.68. The number of imidazole rings is 1. The largest absolute Gasteiger partial charge is 0.492 e. The van der Waals surface area contributed by atoms with Crippen LogP contribution in [-0.2, 0) is 13.0 Å². The Balaban J connectivity index is 1.76. The second kappa shape index (κ2) is 7.49. The fourth-order valence-electron chi connectivity index (χ4n) is 3.07. The van der Waals surface area contributed by atoms with Crippen LogP contribution in [0, 0.1) is 13.8 Å². The number of nitrogens with zero attached hydrogens (tertiary/aromatic N) is 2. The summed E-state index contributed by atoms with van der Waals surface area (Å²) in [7, 11) is 0. The SMILES string of the molecule is Cc1cc(C)cc(OCCn2c(CCCO)nc3ccccc32)c1. The molecule has 1 heterocycles. The zero-order valence-corrected chi connectivity index (χ0v) is 14.3. The van der Waals surface area contributed by atoms with Gasteiger partial charge in [0.05, 0.1) is 17.6 Å². The summed E-state index contributed by atoms with van der Waals surface area (Å²) < 4.78 is 8.15. The van der Waals surface area contributed by atoms with Gasteiger partial charge in [-0.25, -0.2) is 4.98 Å². The van der Waals surface area contributed by atoms with Gasteiger partial charge in [0.2, 0.25) is 0 Å². The van der Waals surface area contributed by atoms with Gasteiger partial charge in [0.25, 0.3) is 0 Å². The Bertz CT molecular complexity index is 803. The second-order valence-corrected chi connectivity index (χ2v) is 6.17. The Morgan fingerprint density at radius 1 is 1.08 bits per heavy atom. The highest BCUT2D eigenvalue weighted by Crippen LogP contribution is 2.19. The topological polar surface area (TPSA) is 47.3 Å². The standard InChI is InChI=1S/C20H24N2O2/c1-15-12-16(2)14-17(13-15)24-11-9-22-19-7-4-3-6-18(19)21-20(22)8-5-10-23/h3-4,6-7,12-14,23H,5,8-11H2,1-2H3. The summed E-state index contributed by atoms with van der Waals surface area (Å²) in [6.07, 6.45) is 1.50. The maximum atomic E-state index is 9.11. The molecule has 4 nitrogen and oxygen atoms in total. The fourth-order valence-corrected chi connectivity index (χ4v) is 3.07. The molecule has 0 radical (unpaired) electrons. The minimum atomic E-state index is 0.183. The van der Waals surface area contributed by atoms with E-state index in [1.54, 1.807) is 0 Å². The number of para-hydroxylation sites is 2. The lowest BCUT2D eigenvalue weighted by Gasteiger charge is -2.11. The van der Waals surface area contributed by atoms with Crippen molar-refractivity contribution < 1.29 is 9.84 Å². The highest BCUT2D eigenvalue weighted by atomic mass is 16.5. The lowest BCUT2D eigenvalue weighted by Crippen LogP contribution is -2.11. The Morgan fingerprint density at radius 2 is 1.83 bits per heavy atom. The van der Waals surface area contributed by atoms with Crippen LogP contribution in [0.1, 0.15) is 23.4 Å². The van der Waals surface area contributed by atoms with E-state index in [0.717, 1.165) is 42.0 Å². The van der Waals surface area contributed by atoms with Crippen LogP contribution in [0.4, 0.5) is 0 Å². The van der Waals surface area contributed by atoms with E-state index in [4.69, 9.17) is 14.8 Å². The van der Waals surface area contributed by atoms with Gasteiger partial charge in [-0.2, -0.15) is 0 Å². The van der Waals surface area contributed by atoms with Gasteiger partial charge < -0.3 is 14.4 Å². The number of benzene rings is 2. The van der Waals surface area contributed by atoms with E-state index < -0.39 is 0 Å². The minimum Gasteiger partial charge on any atom is -0.492 e. The Kier molecular flexibility index (Phi) is 5.16. The molecule has 0 atom stereocenters. The first-order valence-electron chi connectivity index (χ1n) is 8.43. The van der Waals surface area contributed by atoms with Crippen molar-refractivity contribution in [1.82, 2.24) is 9.55 Å². The molecule has 0 unspecified atom stereocenters. The van der Waals surface area contributed by atoms with E-state index in [-0.39, 0.29) is 6.61 Å². The first-order valence-corrected chi connectivity index (χ1v) is 8.43. The molecule has 0 saturated heterocycles. The lowest BCUT2D eigenvalue weighted by molar-refractivity contribution is 0.283. The predicted octanol–water partition coefficient (Wildman–Crippen LogP) is 3.66. The van der Waals surface area contributed by atoms with Gasteiger partial charge in [0.15, 0.2) is 0 Å². The summed E-state index contributed by atoms with van der Waals surface area (Å²) in [6, 6.07) is 14.4. The van der Waals surface area contributed by atoms with Crippen molar-refractivity contribution >= 4 is 11.0 Å². The van der Waals surface area contributed by atoms with Gasteiger partial charge >= 0.3 is 0 Å². The van der Waals surface area contributed by atoms with Crippen molar-refractivity contribution in [2.75, 3.05) is 13.2 Å². The quantitative estimate of drug-likeness (QED) is 0.721. The summed E-state index contributed by atoms with van der Waals surface area (Å²) in [4.78, 5) is 4.70. The highest BCUT2D eigenvalue weighted by molar-refractivity contribution is 5.75. The van der Waals surface area contributed by atoms with E-state index in [1.165, 1.54) is 11.1 Å². The highest BCUT2D eigenvalue weighted by Gasteiger charge is 2.10. The molecule has 24 heavy (non-hydrogen) atoms. The zero-order valence-electron chi connectivity index (χ0n) is 14.3. The van der Waals surface area contributed by atoms with Crippen LogP contribution in [0.2, 0.25) is 0 Å². The zero-order chi connectivity index (χ0) is 16.9. The Labute approximate surface area is 142 Å². The molecule has 0 bridgehead atoms. The van der Waals surface area contributed by atoms with Crippen LogP contribution in [0.25, 0.3) is 11.0 Å². The fraction of sp³-hybridized carbons (Fsp3) is 0.350. The average molecular weight is 324 g/mol. The Morgan fingerprint density at radius 3 is 2.58 bits per heavy atom. The summed E-state index contributed by atoms with van der Waals surface area (Å²) in [5.41, 5.74) is 4.54. The number of aromatic nitrogens is 2. The molecule has 4 heteroatoms. The number of rotatable bonds is 7. The summed E-state index contributed by atoms with van der Waals surface area (Å²) >= 11 is 0. The van der Waals surface area contributed by atoms with Crippen molar-refractivity contribution in [3.63, 3.8) is 0 Å². The van der Waals surface area contributed by atoms with Crippen molar-refractivity contribution in [3.8, 4) is 5.75 Å². The van der Waals surface area contributed by atoms with E-state index in [9.17, 15) is 0 Å². The van der Waals surface area contributed by atoms with Crippen LogP contribution in [0.15, 0.2) is 42.5 Å². The maximum Gasteiger partial charge on any atom is 0.119 e. The number of hydrogen-bond donors (Lipinski definition) is 1. The van der Waals surface area contributed by atoms with Crippen LogP contribution >= 0.6 is 0 Å². The lowest BCUT2D eigenvalue weighted by atomic mass is 10.1. The molecule has 0 spiro atoms. The van der Waals surface area contributed by atoms with Gasteiger partial charge in [0, 0.05) is 13.0 Å². The molecule has 0 saturated carbocycles. The van der Waals surface area contributed by atoms with Crippen molar-refractivity contribution in [3.05, 3.63) is 59.4 Å². The molecular formula is C20H24N2O2. The predicted molar refractivity (Wildman–Crippen MR) is 96.6 cm³/mol. The van der Waals surface area contributed by atoms with Gasteiger partial charge in [-0.3, -0.25) is 0 Å². The van der Waals surface area contributed by atoms with Crippen molar-refractivity contribution in [2.24, 2.45) is 0 Å². The monoisotopic (exact) mass is 324 g/mol. The third-order valence-corrected chi connectivity index (χ3v) is 4.07.